The summed E-state index contributed by atoms with van der Waals surface area (Å²) in [6.45, 7) is 0.406. The second-order valence-corrected chi connectivity index (χ2v) is 4.34. The van der Waals surface area contributed by atoms with Gasteiger partial charge in [0, 0.05) is 12.6 Å². The molecule has 0 saturated heterocycles. The van der Waals surface area contributed by atoms with E-state index in [2.05, 4.69) is 0 Å². The first-order valence-electron chi connectivity index (χ1n) is 5.88. The zero-order chi connectivity index (χ0) is 12.3. The Kier molecular flexibility index (Phi) is 3.76. The van der Waals surface area contributed by atoms with Crippen LogP contribution in [0.2, 0.25) is 0 Å². The monoisotopic (exact) mass is 235 g/mol. The number of carboxylic acid groups (broad SMARTS) is 1. The fourth-order valence-electron chi connectivity index (χ4n) is 2.16. The van der Waals surface area contributed by atoms with Crippen LogP contribution < -0.4 is 0 Å². The molecule has 0 aromatic heterocycles. The van der Waals surface area contributed by atoms with Crippen LogP contribution in [-0.2, 0) is 4.79 Å². The molecule has 0 aliphatic heterocycles. The number of aliphatic hydroxyl groups is 1. The summed E-state index contributed by atoms with van der Waals surface area (Å²) in [5, 5.41) is 18.4. The smallest absolute Gasteiger partial charge is 0.325 e. The number of rotatable bonds is 6. The molecule has 0 bridgehead atoms. The lowest BCUT2D eigenvalue weighted by Crippen LogP contribution is -2.37. The average molecular weight is 235 g/mol. The van der Waals surface area contributed by atoms with Crippen molar-refractivity contribution in [3.63, 3.8) is 0 Å². The molecule has 17 heavy (non-hydrogen) atoms. The summed E-state index contributed by atoms with van der Waals surface area (Å²) < 4.78 is 0. The first kappa shape index (κ1) is 12.1. The van der Waals surface area contributed by atoms with E-state index in [4.69, 9.17) is 5.11 Å². The van der Waals surface area contributed by atoms with Gasteiger partial charge in [0.15, 0.2) is 0 Å². The highest BCUT2D eigenvalue weighted by molar-refractivity contribution is 5.75. The van der Waals surface area contributed by atoms with E-state index in [1.165, 1.54) is 0 Å². The second kappa shape index (κ2) is 5.29. The van der Waals surface area contributed by atoms with Crippen LogP contribution in [0.5, 0.6) is 0 Å². The Morgan fingerprint density at radius 3 is 2.47 bits per heavy atom. The first-order chi connectivity index (χ1) is 8.24. The Labute approximate surface area is 100 Å². The summed E-state index contributed by atoms with van der Waals surface area (Å²) in [7, 11) is 0. The molecule has 1 aliphatic rings. The molecular formula is C13H17NO3. The van der Waals surface area contributed by atoms with Crippen molar-refractivity contribution in [3.05, 3.63) is 35.9 Å². The van der Waals surface area contributed by atoms with E-state index >= 15 is 0 Å². The van der Waals surface area contributed by atoms with E-state index in [0.717, 1.165) is 18.4 Å². The number of aliphatic carboxylic acids is 1. The van der Waals surface area contributed by atoms with Gasteiger partial charge in [-0.2, -0.15) is 0 Å². The molecule has 2 rings (SSSR count). The van der Waals surface area contributed by atoms with Crippen molar-refractivity contribution in [2.24, 2.45) is 0 Å². The standard InChI is InChI=1S/C13H17NO3/c15-9-8-14(11-6-7-11)12(13(16)17)10-4-2-1-3-5-10/h1-5,11-12,15H,6-9H2,(H,16,17). The molecule has 0 amide bonds. The van der Waals surface area contributed by atoms with Crippen molar-refractivity contribution in [1.82, 2.24) is 4.90 Å². The molecule has 1 aromatic carbocycles. The van der Waals surface area contributed by atoms with Gasteiger partial charge in [-0.25, -0.2) is 0 Å². The summed E-state index contributed by atoms with van der Waals surface area (Å²) in [5.41, 5.74) is 0.778. The number of aliphatic hydroxyl groups excluding tert-OH is 1. The maximum Gasteiger partial charge on any atom is 0.325 e. The lowest BCUT2D eigenvalue weighted by atomic mass is 10.1. The molecule has 0 spiro atoms. The van der Waals surface area contributed by atoms with Crippen molar-refractivity contribution < 1.29 is 15.0 Å². The van der Waals surface area contributed by atoms with E-state index in [9.17, 15) is 9.90 Å². The molecule has 92 valence electrons. The van der Waals surface area contributed by atoms with Crippen molar-refractivity contribution in [3.8, 4) is 0 Å². The van der Waals surface area contributed by atoms with Crippen LogP contribution in [0.3, 0.4) is 0 Å². The minimum absolute atomic E-state index is 0.00683. The summed E-state index contributed by atoms with van der Waals surface area (Å²) >= 11 is 0. The SMILES string of the molecule is O=C(O)C(c1ccccc1)N(CCO)C1CC1. The lowest BCUT2D eigenvalue weighted by Gasteiger charge is -2.28. The zero-order valence-corrected chi connectivity index (χ0v) is 9.62. The average Bonchev–Trinajstić information content (AvgIpc) is 3.13. The minimum Gasteiger partial charge on any atom is -0.480 e. The van der Waals surface area contributed by atoms with Crippen LogP contribution >= 0.6 is 0 Å². The molecule has 1 aliphatic carbocycles. The predicted octanol–water partition coefficient (Wildman–Crippen LogP) is 1.27. The van der Waals surface area contributed by atoms with Gasteiger partial charge >= 0.3 is 5.97 Å². The number of hydrogen-bond donors (Lipinski definition) is 2. The summed E-state index contributed by atoms with van der Waals surface area (Å²) in [5.74, 6) is -0.850. The molecule has 1 unspecified atom stereocenters. The normalized spacial score (nSPS) is 17.1. The second-order valence-electron chi connectivity index (χ2n) is 4.34. The van der Waals surface area contributed by atoms with Crippen molar-refractivity contribution >= 4 is 5.97 Å². The predicted molar refractivity (Wildman–Crippen MR) is 63.6 cm³/mol. The van der Waals surface area contributed by atoms with Gasteiger partial charge in [-0.15, -0.1) is 0 Å². The van der Waals surface area contributed by atoms with Gasteiger partial charge in [0.2, 0.25) is 0 Å². The Bertz CT molecular complexity index is 376. The summed E-state index contributed by atoms with van der Waals surface area (Å²) in [4.78, 5) is 13.3. The van der Waals surface area contributed by atoms with Gasteiger partial charge in [-0.1, -0.05) is 30.3 Å². The third-order valence-electron chi connectivity index (χ3n) is 3.05. The van der Waals surface area contributed by atoms with Gasteiger partial charge < -0.3 is 10.2 Å². The number of carboxylic acids is 1. The topological polar surface area (TPSA) is 60.8 Å². The molecular weight excluding hydrogens is 218 g/mol. The van der Waals surface area contributed by atoms with Crippen LogP contribution in [0, 0.1) is 0 Å². The van der Waals surface area contributed by atoms with Gasteiger partial charge in [0.25, 0.3) is 0 Å². The highest BCUT2D eigenvalue weighted by Crippen LogP contribution is 2.34. The Morgan fingerprint density at radius 1 is 1.35 bits per heavy atom. The van der Waals surface area contributed by atoms with Crippen molar-refractivity contribution in [2.75, 3.05) is 13.2 Å². The zero-order valence-electron chi connectivity index (χ0n) is 9.62. The van der Waals surface area contributed by atoms with Gasteiger partial charge in [-0.05, 0) is 18.4 Å². The molecule has 1 atom stereocenters. The summed E-state index contributed by atoms with van der Waals surface area (Å²) in [6.07, 6.45) is 2.05. The molecule has 0 heterocycles. The van der Waals surface area contributed by atoms with Crippen LogP contribution in [0.25, 0.3) is 0 Å². The lowest BCUT2D eigenvalue weighted by molar-refractivity contribution is -0.144. The minimum atomic E-state index is -0.850. The summed E-state index contributed by atoms with van der Waals surface area (Å²) in [6, 6.07) is 8.87. The Hall–Kier alpha value is -1.39. The van der Waals surface area contributed by atoms with Crippen LogP contribution in [0.1, 0.15) is 24.4 Å². The maximum absolute atomic E-state index is 11.4. The third-order valence-corrected chi connectivity index (χ3v) is 3.05. The highest BCUT2D eigenvalue weighted by Gasteiger charge is 2.37. The number of benzene rings is 1. The fraction of sp³-hybridized carbons (Fsp3) is 0.462. The molecule has 4 heteroatoms. The van der Waals surface area contributed by atoms with E-state index in [-0.39, 0.29) is 6.61 Å². The molecule has 1 fully saturated rings. The molecule has 1 aromatic rings. The molecule has 2 N–H and O–H groups in total. The van der Waals surface area contributed by atoms with Crippen molar-refractivity contribution in [2.45, 2.75) is 24.9 Å². The molecule has 0 radical (unpaired) electrons. The molecule has 4 nitrogen and oxygen atoms in total. The highest BCUT2D eigenvalue weighted by atomic mass is 16.4. The fourth-order valence-corrected chi connectivity index (χ4v) is 2.16. The van der Waals surface area contributed by atoms with E-state index < -0.39 is 12.0 Å². The van der Waals surface area contributed by atoms with Gasteiger partial charge in [-0.3, -0.25) is 9.69 Å². The van der Waals surface area contributed by atoms with Gasteiger partial charge in [0.05, 0.1) is 6.61 Å². The van der Waals surface area contributed by atoms with Gasteiger partial charge in [0.1, 0.15) is 6.04 Å². The maximum atomic E-state index is 11.4. The van der Waals surface area contributed by atoms with Crippen LogP contribution in [0.4, 0.5) is 0 Å². The Morgan fingerprint density at radius 2 is 2.00 bits per heavy atom. The quantitative estimate of drug-likeness (QED) is 0.779. The first-order valence-corrected chi connectivity index (χ1v) is 5.88. The Balaban J connectivity index is 2.24. The number of nitrogens with zero attached hydrogens (tertiary/aromatic N) is 1. The molecule has 1 saturated carbocycles. The van der Waals surface area contributed by atoms with Crippen molar-refractivity contribution in [1.29, 1.82) is 0 Å². The number of hydrogen-bond acceptors (Lipinski definition) is 3. The van der Waals surface area contributed by atoms with Crippen LogP contribution in [-0.4, -0.2) is 40.3 Å². The third kappa shape index (κ3) is 2.84. The number of carbonyl (C=O) groups is 1. The van der Waals surface area contributed by atoms with E-state index in [1.54, 1.807) is 0 Å². The van der Waals surface area contributed by atoms with E-state index in [0.29, 0.717) is 12.6 Å². The largest absolute Gasteiger partial charge is 0.480 e. The van der Waals surface area contributed by atoms with Crippen LogP contribution in [0.15, 0.2) is 30.3 Å². The van der Waals surface area contributed by atoms with E-state index in [1.807, 2.05) is 35.2 Å².